The summed E-state index contributed by atoms with van der Waals surface area (Å²) in [4.78, 5) is 2.35. The van der Waals surface area contributed by atoms with Gasteiger partial charge in [-0.25, -0.2) is 0 Å². The van der Waals surface area contributed by atoms with E-state index in [0.29, 0.717) is 24.5 Å². The fourth-order valence-corrected chi connectivity index (χ4v) is 3.42. The van der Waals surface area contributed by atoms with Crippen LogP contribution >= 0.6 is 0 Å². The van der Waals surface area contributed by atoms with E-state index in [1.54, 1.807) is 0 Å². The van der Waals surface area contributed by atoms with Gasteiger partial charge in [0.15, 0.2) is 0 Å². The number of nitrogens with one attached hydrogen (secondary N) is 1. The third kappa shape index (κ3) is 2.76. The van der Waals surface area contributed by atoms with Crippen LogP contribution in [-0.4, -0.2) is 28.8 Å². The molecule has 1 N–H and O–H groups in total. The summed E-state index contributed by atoms with van der Waals surface area (Å²) in [5, 5.41) is 11.7. The second-order valence-electron chi connectivity index (χ2n) is 6.11. The number of hydrogen-bond donors (Lipinski definition) is 1. The van der Waals surface area contributed by atoms with Crippen LogP contribution in [0.4, 0.5) is 6.01 Å². The minimum absolute atomic E-state index is 0.435. The molecule has 0 amide bonds. The van der Waals surface area contributed by atoms with Crippen molar-refractivity contribution in [2.24, 2.45) is 5.92 Å². The van der Waals surface area contributed by atoms with Crippen molar-refractivity contribution in [3.63, 3.8) is 0 Å². The summed E-state index contributed by atoms with van der Waals surface area (Å²) in [7, 11) is 0. The first-order valence-corrected chi connectivity index (χ1v) is 7.56. The quantitative estimate of drug-likeness (QED) is 0.904. The summed E-state index contributed by atoms with van der Waals surface area (Å²) in [5.41, 5.74) is 0. The summed E-state index contributed by atoms with van der Waals surface area (Å²) in [6.07, 6.45) is 6.63. The summed E-state index contributed by atoms with van der Waals surface area (Å²) in [5.74, 6) is 1.54. The normalized spacial score (nSPS) is 27.0. The number of piperidine rings is 1. The minimum Gasteiger partial charge on any atom is -0.407 e. The Bertz CT molecular complexity index is 417. The summed E-state index contributed by atoms with van der Waals surface area (Å²) in [6, 6.07) is 1.81. The Labute approximate surface area is 114 Å². The van der Waals surface area contributed by atoms with E-state index < -0.39 is 0 Å². The van der Waals surface area contributed by atoms with Gasteiger partial charge in [0.05, 0.1) is 6.54 Å². The Morgan fingerprint density at radius 1 is 1.26 bits per heavy atom. The Morgan fingerprint density at radius 3 is 2.95 bits per heavy atom. The maximum Gasteiger partial charge on any atom is 0.318 e. The van der Waals surface area contributed by atoms with Crippen molar-refractivity contribution in [1.29, 1.82) is 0 Å². The van der Waals surface area contributed by atoms with Crippen LogP contribution in [0.5, 0.6) is 0 Å². The highest BCUT2D eigenvalue weighted by atomic mass is 16.4. The van der Waals surface area contributed by atoms with Gasteiger partial charge in [0.25, 0.3) is 0 Å². The molecule has 1 aliphatic carbocycles. The fraction of sp³-hybridized carbons (Fsp3) is 0.857. The van der Waals surface area contributed by atoms with E-state index in [4.69, 9.17) is 4.42 Å². The number of fused-ring (bicyclic) bond motifs is 1. The second kappa shape index (κ2) is 5.49. The van der Waals surface area contributed by atoms with Crippen molar-refractivity contribution in [1.82, 2.24) is 15.5 Å². The van der Waals surface area contributed by atoms with Gasteiger partial charge in [-0.05, 0) is 31.6 Å². The van der Waals surface area contributed by atoms with Crippen LogP contribution in [-0.2, 0) is 6.54 Å². The molecule has 3 rings (SSSR count). The Hall–Kier alpha value is -1.10. The fourth-order valence-electron chi connectivity index (χ4n) is 3.42. The van der Waals surface area contributed by atoms with Gasteiger partial charge in [0.2, 0.25) is 5.89 Å². The SMILES string of the molecule is CC(C)NCc1nnc(N2CCCC3CCCC32)o1. The molecular weight excluding hydrogens is 240 g/mol. The van der Waals surface area contributed by atoms with Crippen molar-refractivity contribution < 1.29 is 4.42 Å². The van der Waals surface area contributed by atoms with Crippen LogP contribution in [0, 0.1) is 5.92 Å². The number of hydrogen-bond acceptors (Lipinski definition) is 5. The molecule has 1 aliphatic heterocycles. The molecule has 2 aliphatic rings. The smallest absolute Gasteiger partial charge is 0.318 e. The predicted molar refractivity (Wildman–Crippen MR) is 74.0 cm³/mol. The number of anilines is 1. The molecule has 2 atom stereocenters. The summed E-state index contributed by atoms with van der Waals surface area (Å²) >= 11 is 0. The minimum atomic E-state index is 0.435. The zero-order valence-corrected chi connectivity index (χ0v) is 11.9. The number of aromatic nitrogens is 2. The van der Waals surface area contributed by atoms with Crippen LogP contribution in [0.15, 0.2) is 4.42 Å². The maximum atomic E-state index is 5.82. The monoisotopic (exact) mass is 264 g/mol. The lowest BCUT2D eigenvalue weighted by Crippen LogP contribution is -2.42. The molecule has 1 saturated heterocycles. The van der Waals surface area contributed by atoms with Gasteiger partial charge in [-0.2, -0.15) is 0 Å². The molecule has 0 bridgehead atoms. The van der Waals surface area contributed by atoms with Gasteiger partial charge in [-0.15, -0.1) is 5.10 Å². The average Bonchev–Trinajstić information content (AvgIpc) is 3.04. The van der Waals surface area contributed by atoms with Gasteiger partial charge >= 0.3 is 6.01 Å². The van der Waals surface area contributed by atoms with Crippen molar-refractivity contribution in [2.75, 3.05) is 11.4 Å². The van der Waals surface area contributed by atoms with Gasteiger partial charge in [-0.1, -0.05) is 25.4 Å². The largest absolute Gasteiger partial charge is 0.407 e. The maximum absolute atomic E-state index is 5.82. The molecule has 5 heteroatoms. The predicted octanol–water partition coefficient (Wildman–Crippen LogP) is 2.34. The molecule has 2 fully saturated rings. The van der Waals surface area contributed by atoms with E-state index in [1.807, 2.05) is 0 Å². The molecule has 1 saturated carbocycles. The summed E-state index contributed by atoms with van der Waals surface area (Å²) < 4.78 is 5.82. The van der Waals surface area contributed by atoms with Gasteiger partial charge in [0, 0.05) is 18.6 Å². The van der Waals surface area contributed by atoms with Gasteiger partial charge < -0.3 is 14.6 Å². The van der Waals surface area contributed by atoms with E-state index in [-0.39, 0.29) is 0 Å². The van der Waals surface area contributed by atoms with E-state index >= 15 is 0 Å². The highest BCUT2D eigenvalue weighted by molar-refractivity contribution is 5.29. The zero-order valence-electron chi connectivity index (χ0n) is 11.9. The van der Waals surface area contributed by atoms with E-state index in [2.05, 4.69) is 34.3 Å². The van der Waals surface area contributed by atoms with Crippen molar-refractivity contribution in [3.8, 4) is 0 Å². The molecule has 1 aromatic heterocycles. The first-order chi connectivity index (χ1) is 9.24. The van der Waals surface area contributed by atoms with Crippen molar-refractivity contribution >= 4 is 6.01 Å². The van der Waals surface area contributed by atoms with E-state index in [9.17, 15) is 0 Å². The van der Waals surface area contributed by atoms with Crippen LogP contribution < -0.4 is 10.2 Å². The molecule has 19 heavy (non-hydrogen) atoms. The molecule has 0 spiro atoms. The molecule has 1 aromatic rings. The molecule has 0 radical (unpaired) electrons. The summed E-state index contributed by atoms with van der Waals surface area (Å²) in [6.45, 7) is 5.96. The molecular formula is C14H24N4O. The lowest BCUT2D eigenvalue weighted by molar-refractivity contribution is 0.337. The van der Waals surface area contributed by atoms with Crippen molar-refractivity contribution in [3.05, 3.63) is 5.89 Å². The molecule has 106 valence electrons. The average molecular weight is 264 g/mol. The second-order valence-corrected chi connectivity index (χ2v) is 6.11. The Balaban J connectivity index is 1.67. The Kier molecular flexibility index (Phi) is 3.73. The van der Waals surface area contributed by atoms with Crippen molar-refractivity contribution in [2.45, 2.75) is 64.6 Å². The highest BCUT2D eigenvalue weighted by Crippen LogP contribution is 2.38. The van der Waals surface area contributed by atoms with Gasteiger partial charge in [0.1, 0.15) is 0 Å². The number of nitrogens with zero attached hydrogens (tertiary/aromatic N) is 3. The van der Waals surface area contributed by atoms with E-state index in [1.165, 1.54) is 32.1 Å². The van der Waals surface area contributed by atoms with Crippen LogP contribution in [0.2, 0.25) is 0 Å². The van der Waals surface area contributed by atoms with Crippen LogP contribution in [0.1, 0.15) is 51.8 Å². The van der Waals surface area contributed by atoms with Gasteiger partial charge in [-0.3, -0.25) is 0 Å². The molecule has 2 unspecified atom stereocenters. The first-order valence-electron chi connectivity index (χ1n) is 7.56. The third-order valence-electron chi connectivity index (χ3n) is 4.36. The molecule has 5 nitrogen and oxygen atoms in total. The van der Waals surface area contributed by atoms with Crippen LogP contribution in [0.25, 0.3) is 0 Å². The topological polar surface area (TPSA) is 54.2 Å². The van der Waals surface area contributed by atoms with Crippen LogP contribution in [0.3, 0.4) is 0 Å². The van der Waals surface area contributed by atoms with E-state index in [0.717, 1.165) is 18.5 Å². The lowest BCUT2D eigenvalue weighted by atomic mass is 9.92. The lowest BCUT2D eigenvalue weighted by Gasteiger charge is -2.36. The highest BCUT2D eigenvalue weighted by Gasteiger charge is 2.37. The zero-order chi connectivity index (χ0) is 13.2. The standard InChI is InChI=1S/C14H24N4O/c1-10(2)15-9-13-16-17-14(19-13)18-8-4-6-11-5-3-7-12(11)18/h10-12,15H,3-9H2,1-2H3. The number of rotatable bonds is 4. The Morgan fingerprint density at radius 2 is 2.11 bits per heavy atom. The first kappa shape index (κ1) is 12.9. The molecule has 0 aromatic carbocycles. The molecule has 2 heterocycles. The third-order valence-corrected chi connectivity index (χ3v) is 4.36.